The van der Waals surface area contributed by atoms with Gasteiger partial charge in [-0.05, 0) is 18.6 Å². The van der Waals surface area contributed by atoms with Crippen LogP contribution in [0.5, 0.6) is 0 Å². The number of nitrogens with one attached hydrogen (secondary N) is 1. The minimum Gasteiger partial charge on any atom is -0.342 e. The van der Waals surface area contributed by atoms with Crippen LogP contribution in [0.3, 0.4) is 0 Å². The number of halogens is 2. The van der Waals surface area contributed by atoms with E-state index in [-0.39, 0.29) is 11.4 Å². The predicted molar refractivity (Wildman–Crippen MR) is 53.1 cm³/mol. The van der Waals surface area contributed by atoms with E-state index < -0.39 is 23.0 Å². The Morgan fingerprint density at radius 2 is 2.12 bits per heavy atom. The molecule has 0 amide bonds. The third-order valence-corrected chi connectivity index (χ3v) is 2.22. The lowest BCUT2D eigenvalue weighted by Gasteiger charge is -2.04. The summed E-state index contributed by atoms with van der Waals surface area (Å²) in [6.07, 6.45) is 2.76. The van der Waals surface area contributed by atoms with Crippen LogP contribution in [0.4, 0.5) is 8.78 Å². The summed E-state index contributed by atoms with van der Waals surface area (Å²) in [4.78, 5) is 17.9. The maximum atomic E-state index is 13.6. The van der Waals surface area contributed by atoms with Gasteiger partial charge in [0, 0.05) is 12.4 Å². The van der Waals surface area contributed by atoms with E-state index in [1.54, 1.807) is 0 Å². The number of hydrogen-bond acceptors (Lipinski definition) is 2. The maximum Gasteiger partial charge on any atom is 0.234 e. The number of benzene rings is 1. The highest BCUT2D eigenvalue weighted by atomic mass is 19.1. The highest BCUT2D eigenvalue weighted by Gasteiger charge is 2.21. The van der Waals surface area contributed by atoms with Gasteiger partial charge in [0.2, 0.25) is 5.78 Å². The summed E-state index contributed by atoms with van der Waals surface area (Å²) >= 11 is 0. The van der Waals surface area contributed by atoms with E-state index in [9.17, 15) is 13.6 Å². The van der Waals surface area contributed by atoms with Crippen molar-refractivity contribution in [2.24, 2.45) is 0 Å². The number of H-pyrrole nitrogens is 1. The summed E-state index contributed by atoms with van der Waals surface area (Å²) in [6.45, 7) is 1.47. The number of rotatable bonds is 2. The quantitative estimate of drug-likeness (QED) is 0.792. The smallest absolute Gasteiger partial charge is 0.234 e. The second-order valence-electron chi connectivity index (χ2n) is 3.32. The zero-order valence-corrected chi connectivity index (χ0v) is 8.42. The van der Waals surface area contributed by atoms with Crippen LogP contribution in [0.2, 0.25) is 0 Å². The van der Waals surface area contributed by atoms with E-state index in [0.29, 0.717) is 0 Å². The molecular formula is C11H8F2N2O. The molecule has 82 valence electrons. The molecule has 0 spiro atoms. The van der Waals surface area contributed by atoms with Crippen molar-refractivity contribution in [3.8, 4) is 0 Å². The Hall–Kier alpha value is -2.04. The van der Waals surface area contributed by atoms with Crippen LogP contribution in [0, 0.1) is 18.6 Å². The van der Waals surface area contributed by atoms with Crippen molar-refractivity contribution in [2.75, 3.05) is 0 Å². The highest BCUT2D eigenvalue weighted by Crippen LogP contribution is 2.18. The number of carbonyl (C=O) groups excluding carboxylic acids is 1. The zero-order valence-electron chi connectivity index (χ0n) is 8.42. The number of aromatic amines is 1. The number of ketones is 1. The Labute approximate surface area is 90.1 Å². The van der Waals surface area contributed by atoms with E-state index in [1.807, 2.05) is 0 Å². The van der Waals surface area contributed by atoms with Gasteiger partial charge in [-0.25, -0.2) is 13.8 Å². The van der Waals surface area contributed by atoms with Crippen LogP contribution in [0.15, 0.2) is 24.5 Å². The molecular weight excluding hydrogens is 214 g/mol. The van der Waals surface area contributed by atoms with Gasteiger partial charge in [0.15, 0.2) is 5.82 Å². The second kappa shape index (κ2) is 3.84. The molecule has 0 atom stereocenters. The molecule has 1 aromatic carbocycles. The molecule has 2 rings (SSSR count). The van der Waals surface area contributed by atoms with Crippen molar-refractivity contribution in [3.63, 3.8) is 0 Å². The molecule has 0 aliphatic rings. The van der Waals surface area contributed by atoms with Gasteiger partial charge in [0.25, 0.3) is 0 Å². The average molecular weight is 222 g/mol. The first-order valence-corrected chi connectivity index (χ1v) is 4.60. The molecule has 0 radical (unpaired) electrons. The minimum absolute atomic E-state index is 0.0802. The largest absolute Gasteiger partial charge is 0.342 e. The molecule has 0 aliphatic heterocycles. The third-order valence-electron chi connectivity index (χ3n) is 2.22. The van der Waals surface area contributed by atoms with Gasteiger partial charge < -0.3 is 4.98 Å². The lowest BCUT2D eigenvalue weighted by molar-refractivity contribution is 0.102. The maximum absolute atomic E-state index is 13.6. The summed E-state index contributed by atoms with van der Waals surface area (Å²) in [5.74, 6) is -2.60. The van der Waals surface area contributed by atoms with Crippen LogP contribution in [0.25, 0.3) is 0 Å². The van der Waals surface area contributed by atoms with Gasteiger partial charge in [-0.2, -0.15) is 0 Å². The molecule has 3 nitrogen and oxygen atoms in total. The predicted octanol–water partition coefficient (Wildman–Crippen LogP) is 2.23. The van der Waals surface area contributed by atoms with Gasteiger partial charge in [0.1, 0.15) is 11.6 Å². The average Bonchev–Trinajstić information content (AvgIpc) is 2.77. The minimum atomic E-state index is -0.885. The molecule has 0 aliphatic carbocycles. The van der Waals surface area contributed by atoms with Crippen molar-refractivity contribution in [3.05, 3.63) is 53.1 Å². The van der Waals surface area contributed by atoms with Crippen LogP contribution in [-0.4, -0.2) is 15.8 Å². The number of imidazole rings is 1. The van der Waals surface area contributed by atoms with Crippen molar-refractivity contribution < 1.29 is 13.6 Å². The third kappa shape index (κ3) is 1.60. The molecule has 0 unspecified atom stereocenters. The van der Waals surface area contributed by atoms with E-state index >= 15 is 0 Å². The van der Waals surface area contributed by atoms with E-state index in [4.69, 9.17) is 0 Å². The summed E-state index contributed by atoms with van der Waals surface area (Å²) in [6, 6.07) is 2.35. The second-order valence-corrected chi connectivity index (χ2v) is 3.32. The van der Waals surface area contributed by atoms with Crippen molar-refractivity contribution in [1.82, 2.24) is 9.97 Å². The Kier molecular flexibility index (Phi) is 2.52. The first-order valence-electron chi connectivity index (χ1n) is 4.60. The molecule has 0 bridgehead atoms. The fourth-order valence-electron chi connectivity index (χ4n) is 1.37. The Balaban J connectivity index is 2.56. The van der Waals surface area contributed by atoms with Gasteiger partial charge in [-0.15, -0.1) is 0 Å². The van der Waals surface area contributed by atoms with Crippen LogP contribution in [-0.2, 0) is 0 Å². The molecule has 0 saturated heterocycles. The monoisotopic (exact) mass is 222 g/mol. The summed E-state index contributed by atoms with van der Waals surface area (Å²) in [5, 5.41) is 0. The van der Waals surface area contributed by atoms with Crippen molar-refractivity contribution in [2.45, 2.75) is 6.92 Å². The number of nitrogens with zero attached hydrogens (tertiary/aromatic N) is 1. The van der Waals surface area contributed by atoms with Crippen LogP contribution in [0.1, 0.15) is 21.7 Å². The molecule has 16 heavy (non-hydrogen) atoms. The Morgan fingerprint density at radius 1 is 1.38 bits per heavy atom. The molecule has 2 aromatic rings. The van der Waals surface area contributed by atoms with Crippen LogP contribution >= 0.6 is 0 Å². The number of carbonyl (C=O) groups is 1. The van der Waals surface area contributed by atoms with Gasteiger partial charge >= 0.3 is 0 Å². The molecule has 1 heterocycles. The van der Waals surface area contributed by atoms with Gasteiger partial charge in [-0.3, -0.25) is 4.79 Å². The van der Waals surface area contributed by atoms with Crippen molar-refractivity contribution >= 4 is 5.78 Å². The number of aryl methyl sites for hydroxylation is 1. The van der Waals surface area contributed by atoms with Crippen molar-refractivity contribution in [1.29, 1.82) is 0 Å². The molecule has 0 saturated carbocycles. The Bertz CT molecular complexity index is 535. The first-order chi connectivity index (χ1) is 7.61. The fraction of sp³-hybridized carbons (Fsp3) is 0.0909. The fourth-order valence-corrected chi connectivity index (χ4v) is 1.37. The van der Waals surface area contributed by atoms with E-state index in [1.165, 1.54) is 25.4 Å². The van der Waals surface area contributed by atoms with E-state index in [0.717, 1.165) is 6.07 Å². The zero-order chi connectivity index (χ0) is 11.7. The van der Waals surface area contributed by atoms with E-state index in [2.05, 4.69) is 9.97 Å². The number of hydrogen-bond donors (Lipinski definition) is 1. The summed E-state index contributed by atoms with van der Waals surface area (Å²) in [5.41, 5.74) is -0.355. The highest BCUT2D eigenvalue weighted by molar-refractivity contribution is 6.06. The molecule has 5 heteroatoms. The molecule has 0 fully saturated rings. The van der Waals surface area contributed by atoms with Crippen LogP contribution < -0.4 is 0 Å². The lowest BCUT2D eigenvalue weighted by Crippen LogP contribution is -2.10. The van der Waals surface area contributed by atoms with Gasteiger partial charge in [0.05, 0.1) is 5.56 Å². The summed E-state index contributed by atoms with van der Waals surface area (Å²) in [7, 11) is 0. The number of aromatic nitrogens is 2. The topological polar surface area (TPSA) is 45.8 Å². The molecule has 1 N–H and O–H groups in total. The SMILES string of the molecule is Cc1ccc(F)c(C(=O)c2ncc[nH]2)c1F. The summed E-state index contributed by atoms with van der Waals surface area (Å²) < 4.78 is 27.0. The Morgan fingerprint density at radius 3 is 2.75 bits per heavy atom. The van der Waals surface area contributed by atoms with Gasteiger partial charge in [-0.1, -0.05) is 6.07 Å². The lowest BCUT2D eigenvalue weighted by atomic mass is 10.1. The first kappa shape index (κ1) is 10.5. The normalized spacial score (nSPS) is 10.4. The standard InChI is InChI=1S/C11H8F2N2O/c1-6-2-3-7(12)8(9(6)13)10(16)11-14-4-5-15-11/h2-5H,1H3,(H,14,15). The molecule has 1 aromatic heterocycles.